The molecule has 0 saturated carbocycles. The van der Waals surface area contributed by atoms with E-state index in [9.17, 15) is 9.90 Å². The maximum atomic E-state index is 11.9. The van der Waals surface area contributed by atoms with E-state index in [1.807, 2.05) is 18.2 Å². The lowest BCUT2D eigenvalue weighted by molar-refractivity contribution is -0.143. The van der Waals surface area contributed by atoms with E-state index in [0.29, 0.717) is 6.42 Å². The molecule has 2 aromatic rings. The zero-order chi connectivity index (χ0) is 17.8. The first-order valence-electron chi connectivity index (χ1n) is 8.87. The fourth-order valence-corrected chi connectivity index (χ4v) is 3.71. The molecule has 1 N–H and O–H groups in total. The van der Waals surface area contributed by atoms with Crippen molar-refractivity contribution in [3.63, 3.8) is 0 Å². The van der Waals surface area contributed by atoms with Gasteiger partial charge in [-0.2, -0.15) is 0 Å². The summed E-state index contributed by atoms with van der Waals surface area (Å²) in [7, 11) is 0. The Balaban J connectivity index is 1.67. The lowest BCUT2D eigenvalue weighted by Crippen LogP contribution is -2.53. The van der Waals surface area contributed by atoms with Gasteiger partial charge in [0.1, 0.15) is 6.04 Å². The number of carboxylic acid groups (broad SMARTS) is 1. The molecule has 0 spiro atoms. The Kier molecular flexibility index (Phi) is 5.39. The summed E-state index contributed by atoms with van der Waals surface area (Å²) in [6, 6.07) is 16.2. The third-order valence-corrected chi connectivity index (χ3v) is 4.87. The van der Waals surface area contributed by atoms with Crippen LogP contribution in [-0.2, 0) is 11.2 Å². The number of rotatable bonds is 5. The Morgan fingerprint density at radius 2 is 1.60 bits per heavy atom. The van der Waals surface area contributed by atoms with Crippen LogP contribution in [0.4, 0.5) is 5.69 Å². The predicted molar refractivity (Wildman–Crippen MR) is 101 cm³/mol. The first-order chi connectivity index (χ1) is 12.0. The SMILES string of the molecule is Cc1cc(C)cc(C[C@H](C(=O)O)N2CCN(c3ccccc3)CC2)c1. The molecule has 0 aromatic heterocycles. The van der Waals surface area contributed by atoms with Crippen molar-refractivity contribution in [3.05, 3.63) is 65.2 Å². The van der Waals surface area contributed by atoms with Crippen LogP contribution in [0.15, 0.2) is 48.5 Å². The van der Waals surface area contributed by atoms with Crippen LogP contribution in [0.5, 0.6) is 0 Å². The van der Waals surface area contributed by atoms with Crippen LogP contribution in [-0.4, -0.2) is 48.2 Å². The summed E-state index contributed by atoms with van der Waals surface area (Å²) in [5, 5.41) is 9.75. The molecule has 1 fully saturated rings. The number of benzene rings is 2. The average Bonchev–Trinajstić information content (AvgIpc) is 2.60. The normalized spacial score (nSPS) is 16.6. The van der Waals surface area contributed by atoms with Crippen molar-refractivity contribution in [2.75, 3.05) is 31.1 Å². The van der Waals surface area contributed by atoms with Crippen molar-refractivity contribution >= 4 is 11.7 Å². The molecule has 0 amide bonds. The second kappa shape index (κ2) is 7.70. The molecule has 3 rings (SSSR count). The van der Waals surface area contributed by atoms with Gasteiger partial charge in [-0.25, -0.2) is 0 Å². The Morgan fingerprint density at radius 3 is 2.16 bits per heavy atom. The van der Waals surface area contributed by atoms with Crippen molar-refractivity contribution < 1.29 is 9.90 Å². The number of carbonyl (C=O) groups is 1. The Morgan fingerprint density at radius 1 is 1.00 bits per heavy atom. The highest BCUT2D eigenvalue weighted by molar-refractivity contribution is 5.74. The minimum Gasteiger partial charge on any atom is -0.480 e. The van der Waals surface area contributed by atoms with Gasteiger partial charge in [-0.05, 0) is 38.0 Å². The molecule has 1 aliphatic heterocycles. The van der Waals surface area contributed by atoms with Gasteiger partial charge < -0.3 is 10.0 Å². The first-order valence-corrected chi connectivity index (χ1v) is 8.87. The Bertz CT molecular complexity index is 702. The van der Waals surface area contributed by atoms with Crippen LogP contribution in [0.1, 0.15) is 16.7 Å². The largest absolute Gasteiger partial charge is 0.480 e. The van der Waals surface area contributed by atoms with Crippen molar-refractivity contribution in [3.8, 4) is 0 Å². The van der Waals surface area contributed by atoms with Gasteiger partial charge in [0.05, 0.1) is 0 Å². The highest BCUT2D eigenvalue weighted by Gasteiger charge is 2.29. The van der Waals surface area contributed by atoms with E-state index < -0.39 is 12.0 Å². The van der Waals surface area contributed by atoms with Gasteiger partial charge in [-0.1, -0.05) is 47.5 Å². The zero-order valence-electron chi connectivity index (χ0n) is 15.0. The van der Waals surface area contributed by atoms with Crippen LogP contribution in [0.25, 0.3) is 0 Å². The number of nitrogens with zero attached hydrogens (tertiary/aromatic N) is 2. The molecule has 0 unspecified atom stereocenters. The molecule has 0 bridgehead atoms. The summed E-state index contributed by atoms with van der Waals surface area (Å²) >= 11 is 0. The number of aryl methyl sites for hydroxylation is 2. The molecule has 4 nitrogen and oxygen atoms in total. The zero-order valence-corrected chi connectivity index (χ0v) is 15.0. The van der Waals surface area contributed by atoms with Crippen molar-refractivity contribution in [1.82, 2.24) is 4.90 Å². The number of anilines is 1. The van der Waals surface area contributed by atoms with E-state index in [4.69, 9.17) is 0 Å². The van der Waals surface area contributed by atoms with E-state index >= 15 is 0 Å². The molecular weight excluding hydrogens is 312 g/mol. The summed E-state index contributed by atoms with van der Waals surface area (Å²) < 4.78 is 0. The smallest absolute Gasteiger partial charge is 0.321 e. The molecular formula is C21H26N2O2. The van der Waals surface area contributed by atoms with Gasteiger partial charge in [-0.15, -0.1) is 0 Å². The highest BCUT2D eigenvalue weighted by Crippen LogP contribution is 2.19. The van der Waals surface area contributed by atoms with Crippen LogP contribution in [0, 0.1) is 13.8 Å². The molecule has 132 valence electrons. The summed E-state index contributed by atoms with van der Waals surface area (Å²) in [4.78, 5) is 16.3. The van der Waals surface area contributed by atoms with Crippen LogP contribution >= 0.6 is 0 Å². The molecule has 1 heterocycles. The van der Waals surface area contributed by atoms with Gasteiger partial charge in [0, 0.05) is 31.9 Å². The summed E-state index contributed by atoms with van der Waals surface area (Å²) in [6.07, 6.45) is 0.559. The van der Waals surface area contributed by atoms with Crippen LogP contribution < -0.4 is 4.90 Å². The second-order valence-corrected chi connectivity index (χ2v) is 6.91. The van der Waals surface area contributed by atoms with E-state index in [-0.39, 0.29) is 0 Å². The van der Waals surface area contributed by atoms with Crippen molar-refractivity contribution in [1.29, 1.82) is 0 Å². The quantitative estimate of drug-likeness (QED) is 0.910. The van der Waals surface area contributed by atoms with E-state index in [1.165, 1.54) is 16.8 Å². The minimum absolute atomic E-state index is 0.459. The van der Waals surface area contributed by atoms with Gasteiger partial charge in [-0.3, -0.25) is 9.69 Å². The van der Waals surface area contributed by atoms with Crippen molar-refractivity contribution in [2.24, 2.45) is 0 Å². The van der Waals surface area contributed by atoms with Gasteiger partial charge in [0.25, 0.3) is 0 Å². The summed E-state index contributed by atoms with van der Waals surface area (Å²) in [6.45, 7) is 7.39. The molecule has 1 aliphatic rings. The Labute approximate surface area is 149 Å². The fourth-order valence-electron chi connectivity index (χ4n) is 3.71. The van der Waals surface area contributed by atoms with Crippen LogP contribution in [0.2, 0.25) is 0 Å². The van der Waals surface area contributed by atoms with Crippen LogP contribution in [0.3, 0.4) is 0 Å². The fraction of sp³-hybridized carbons (Fsp3) is 0.381. The third-order valence-electron chi connectivity index (χ3n) is 4.87. The third kappa shape index (κ3) is 4.40. The molecule has 2 aromatic carbocycles. The summed E-state index contributed by atoms with van der Waals surface area (Å²) in [5.74, 6) is -0.729. The molecule has 4 heteroatoms. The number of carboxylic acids is 1. The van der Waals surface area contributed by atoms with E-state index in [0.717, 1.165) is 31.7 Å². The lowest BCUT2D eigenvalue weighted by atomic mass is 10.00. The standard InChI is InChI=1S/C21H26N2O2/c1-16-12-17(2)14-18(13-16)15-20(21(24)25)23-10-8-22(9-11-23)19-6-4-3-5-7-19/h3-7,12-14,20H,8-11,15H2,1-2H3,(H,24,25)/t20-/m1/s1. The monoisotopic (exact) mass is 338 g/mol. The average molecular weight is 338 g/mol. The highest BCUT2D eigenvalue weighted by atomic mass is 16.4. The predicted octanol–water partition coefficient (Wildman–Crippen LogP) is 3.12. The number of piperazine rings is 1. The maximum Gasteiger partial charge on any atom is 0.321 e. The van der Waals surface area contributed by atoms with Gasteiger partial charge in [0.15, 0.2) is 0 Å². The number of hydrogen-bond donors (Lipinski definition) is 1. The first kappa shape index (κ1) is 17.5. The molecule has 0 radical (unpaired) electrons. The van der Waals surface area contributed by atoms with Gasteiger partial charge >= 0.3 is 5.97 Å². The maximum absolute atomic E-state index is 11.9. The molecule has 1 atom stereocenters. The van der Waals surface area contributed by atoms with E-state index in [1.54, 1.807) is 0 Å². The lowest BCUT2D eigenvalue weighted by Gasteiger charge is -2.38. The van der Waals surface area contributed by atoms with Gasteiger partial charge in [0.2, 0.25) is 0 Å². The topological polar surface area (TPSA) is 43.8 Å². The number of hydrogen-bond acceptors (Lipinski definition) is 3. The number of aliphatic carboxylic acids is 1. The van der Waals surface area contributed by atoms with Crippen molar-refractivity contribution in [2.45, 2.75) is 26.3 Å². The molecule has 25 heavy (non-hydrogen) atoms. The molecule has 0 aliphatic carbocycles. The molecule has 1 saturated heterocycles. The second-order valence-electron chi connectivity index (χ2n) is 6.91. The summed E-state index contributed by atoms with van der Waals surface area (Å²) in [5.41, 5.74) is 4.69. The Hall–Kier alpha value is -2.33. The minimum atomic E-state index is -0.729. The number of para-hydroxylation sites is 1. The van der Waals surface area contributed by atoms with E-state index in [2.05, 4.69) is 54.0 Å².